The van der Waals surface area contributed by atoms with Crippen molar-refractivity contribution >= 4 is 5.95 Å². The number of hydrogen-bond acceptors (Lipinski definition) is 4. The summed E-state index contributed by atoms with van der Waals surface area (Å²) in [4.78, 5) is 4.56. The van der Waals surface area contributed by atoms with Crippen molar-refractivity contribution in [1.29, 1.82) is 0 Å². The Labute approximate surface area is 117 Å². The fraction of sp³-hybridized carbons (Fsp3) is 0.800. The molecule has 0 bridgehead atoms. The largest absolute Gasteiger partial charge is 0.353 e. The highest BCUT2D eigenvalue weighted by atomic mass is 15.2. The van der Waals surface area contributed by atoms with Crippen LogP contribution in [0, 0.1) is 5.92 Å². The lowest BCUT2D eigenvalue weighted by Gasteiger charge is -2.15. The molecule has 0 aromatic carbocycles. The SMILES string of the molecule is CCCCC(CC)CNc1nnc(CC)c(CC)n1. The molecule has 4 nitrogen and oxygen atoms in total. The highest BCUT2D eigenvalue weighted by Crippen LogP contribution is 2.13. The van der Waals surface area contributed by atoms with Crippen LogP contribution in [0.1, 0.15) is 64.8 Å². The summed E-state index contributed by atoms with van der Waals surface area (Å²) in [7, 11) is 0. The number of unbranched alkanes of at least 4 members (excludes halogenated alkanes) is 1. The summed E-state index contributed by atoms with van der Waals surface area (Å²) in [6.07, 6.45) is 6.86. The molecule has 1 aromatic heterocycles. The monoisotopic (exact) mass is 264 g/mol. The summed E-state index contributed by atoms with van der Waals surface area (Å²) in [5, 5.41) is 11.8. The minimum Gasteiger partial charge on any atom is -0.353 e. The van der Waals surface area contributed by atoms with Gasteiger partial charge in [0.1, 0.15) is 0 Å². The smallest absolute Gasteiger partial charge is 0.242 e. The third-order valence-corrected chi connectivity index (χ3v) is 3.60. The number of nitrogens with zero attached hydrogens (tertiary/aromatic N) is 3. The van der Waals surface area contributed by atoms with Gasteiger partial charge in [0.05, 0.1) is 11.4 Å². The Morgan fingerprint density at radius 2 is 1.74 bits per heavy atom. The van der Waals surface area contributed by atoms with Gasteiger partial charge in [-0.05, 0) is 25.2 Å². The third-order valence-electron chi connectivity index (χ3n) is 3.60. The zero-order valence-electron chi connectivity index (χ0n) is 12.9. The molecule has 1 atom stereocenters. The van der Waals surface area contributed by atoms with Crippen LogP contribution in [0.2, 0.25) is 0 Å². The van der Waals surface area contributed by atoms with Crippen LogP contribution in [0.5, 0.6) is 0 Å². The fourth-order valence-corrected chi connectivity index (χ4v) is 2.19. The summed E-state index contributed by atoms with van der Waals surface area (Å²) in [5.74, 6) is 1.39. The molecule has 0 aliphatic heterocycles. The minimum atomic E-state index is 0.684. The third kappa shape index (κ3) is 5.13. The zero-order chi connectivity index (χ0) is 14.1. The van der Waals surface area contributed by atoms with Gasteiger partial charge in [0, 0.05) is 6.54 Å². The topological polar surface area (TPSA) is 50.7 Å². The van der Waals surface area contributed by atoms with Crippen LogP contribution in [-0.4, -0.2) is 21.7 Å². The van der Waals surface area contributed by atoms with Crippen molar-refractivity contribution in [1.82, 2.24) is 15.2 Å². The van der Waals surface area contributed by atoms with Gasteiger partial charge in [-0.3, -0.25) is 0 Å². The Balaban J connectivity index is 2.56. The molecular formula is C15H28N4. The van der Waals surface area contributed by atoms with Crippen molar-refractivity contribution in [2.45, 2.75) is 66.2 Å². The molecular weight excluding hydrogens is 236 g/mol. The molecule has 0 saturated carbocycles. The lowest BCUT2D eigenvalue weighted by Crippen LogP contribution is -2.17. The van der Waals surface area contributed by atoms with Gasteiger partial charge in [-0.15, -0.1) is 5.10 Å². The van der Waals surface area contributed by atoms with Gasteiger partial charge in [-0.1, -0.05) is 47.0 Å². The number of aromatic nitrogens is 3. The van der Waals surface area contributed by atoms with E-state index in [1.54, 1.807) is 0 Å². The van der Waals surface area contributed by atoms with Crippen molar-refractivity contribution in [3.63, 3.8) is 0 Å². The summed E-state index contributed by atoms with van der Waals surface area (Å²) < 4.78 is 0. The predicted octanol–water partition coefficient (Wildman–Crippen LogP) is 3.62. The zero-order valence-corrected chi connectivity index (χ0v) is 12.9. The Morgan fingerprint density at radius 1 is 1.00 bits per heavy atom. The van der Waals surface area contributed by atoms with Gasteiger partial charge in [0.2, 0.25) is 5.95 Å². The van der Waals surface area contributed by atoms with Gasteiger partial charge in [-0.25, -0.2) is 4.98 Å². The number of nitrogens with one attached hydrogen (secondary N) is 1. The number of anilines is 1. The molecule has 0 aliphatic carbocycles. The standard InChI is InChI=1S/C15H28N4/c1-5-9-10-12(6-2)11-16-15-17-13(7-3)14(8-4)18-19-15/h12H,5-11H2,1-4H3,(H,16,17,19). The molecule has 0 spiro atoms. The van der Waals surface area contributed by atoms with Crippen LogP contribution >= 0.6 is 0 Å². The first kappa shape index (κ1) is 15.9. The van der Waals surface area contributed by atoms with Crippen LogP contribution < -0.4 is 5.32 Å². The Morgan fingerprint density at radius 3 is 2.32 bits per heavy atom. The van der Waals surface area contributed by atoms with E-state index >= 15 is 0 Å². The maximum atomic E-state index is 4.56. The van der Waals surface area contributed by atoms with E-state index in [0.29, 0.717) is 11.9 Å². The average Bonchev–Trinajstić information content (AvgIpc) is 2.47. The molecule has 0 fully saturated rings. The molecule has 1 heterocycles. The molecule has 0 aliphatic rings. The van der Waals surface area contributed by atoms with Crippen molar-refractivity contribution in [3.8, 4) is 0 Å². The number of rotatable bonds is 9. The molecule has 1 unspecified atom stereocenters. The van der Waals surface area contributed by atoms with E-state index < -0.39 is 0 Å². The van der Waals surface area contributed by atoms with Gasteiger partial charge < -0.3 is 5.32 Å². The molecule has 0 saturated heterocycles. The van der Waals surface area contributed by atoms with Crippen LogP contribution in [0.15, 0.2) is 0 Å². The molecule has 1 rings (SSSR count). The normalized spacial score (nSPS) is 12.4. The molecule has 0 radical (unpaired) electrons. The quantitative estimate of drug-likeness (QED) is 0.740. The second-order valence-corrected chi connectivity index (χ2v) is 5.03. The van der Waals surface area contributed by atoms with E-state index in [9.17, 15) is 0 Å². The summed E-state index contributed by atoms with van der Waals surface area (Å²) in [6, 6.07) is 0. The average molecular weight is 264 g/mol. The first-order valence-electron chi connectivity index (χ1n) is 7.71. The minimum absolute atomic E-state index is 0.684. The first-order valence-corrected chi connectivity index (χ1v) is 7.71. The van der Waals surface area contributed by atoms with Crippen molar-refractivity contribution < 1.29 is 0 Å². The van der Waals surface area contributed by atoms with Gasteiger partial charge >= 0.3 is 0 Å². The lowest BCUT2D eigenvalue weighted by atomic mass is 9.99. The maximum Gasteiger partial charge on any atom is 0.242 e. The molecule has 1 aromatic rings. The maximum absolute atomic E-state index is 4.56. The van der Waals surface area contributed by atoms with Crippen LogP contribution in [0.4, 0.5) is 5.95 Å². The van der Waals surface area contributed by atoms with E-state index in [4.69, 9.17) is 0 Å². The van der Waals surface area contributed by atoms with Gasteiger partial charge in [-0.2, -0.15) is 5.10 Å². The number of aryl methyl sites for hydroxylation is 2. The Kier molecular flexibility index (Phi) is 7.38. The predicted molar refractivity (Wildman–Crippen MR) is 80.4 cm³/mol. The molecule has 4 heteroatoms. The van der Waals surface area contributed by atoms with E-state index in [1.807, 2.05) is 0 Å². The van der Waals surface area contributed by atoms with Crippen LogP contribution in [0.3, 0.4) is 0 Å². The molecule has 0 amide bonds. The fourth-order valence-electron chi connectivity index (χ4n) is 2.19. The van der Waals surface area contributed by atoms with E-state index in [0.717, 1.165) is 30.8 Å². The van der Waals surface area contributed by atoms with Crippen molar-refractivity contribution in [3.05, 3.63) is 11.4 Å². The lowest BCUT2D eigenvalue weighted by molar-refractivity contribution is 0.471. The summed E-state index contributed by atoms with van der Waals surface area (Å²) >= 11 is 0. The van der Waals surface area contributed by atoms with Crippen molar-refractivity contribution in [2.24, 2.45) is 5.92 Å². The van der Waals surface area contributed by atoms with Crippen LogP contribution in [-0.2, 0) is 12.8 Å². The highest BCUT2D eigenvalue weighted by Gasteiger charge is 2.09. The van der Waals surface area contributed by atoms with Crippen LogP contribution in [0.25, 0.3) is 0 Å². The molecule has 19 heavy (non-hydrogen) atoms. The second kappa shape index (κ2) is 8.83. The van der Waals surface area contributed by atoms with E-state index in [2.05, 4.69) is 48.2 Å². The molecule has 1 N–H and O–H groups in total. The van der Waals surface area contributed by atoms with Crippen molar-refractivity contribution in [2.75, 3.05) is 11.9 Å². The summed E-state index contributed by atoms with van der Waals surface area (Å²) in [6.45, 7) is 9.65. The highest BCUT2D eigenvalue weighted by molar-refractivity contribution is 5.25. The second-order valence-electron chi connectivity index (χ2n) is 5.03. The Bertz CT molecular complexity index is 365. The molecule has 108 valence electrons. The van der Waals surface area contributed by atoms with E-state index in [-0.39, 0.29) is 0 Å². The van der Waals surface area contributed by atoms with E-state index in [1.165, 1.54) is 25.7 Å². The number of hydrogen-bond donors (Lipinski definition) is 1. The first-order chi connectivity index (χ1) is 9.24. The van der Waals surface area contributed by atoms with Gasteiger partial charge in [0.25, 0.3) is 0 Å². The Hall–Kier alpha value is -1.19. The summed E-state index contributed by atoms with van der Waals surface area (Å²) in [5.41, 5.74) is 2.09. The van der Waals surface area contributed by atoms with Gasteiger partial charge in [0.15, 0.2) is 0 Å².